The lowest BCUT2D eigenvalue weighted by Crippen LogP contribution is -2.31. The lowest BCUT2D eigenvalue weighted by atomic mass is 10.3. The van der Waals surface area contributed by atoms with Crippen molar-refractivity contribution in [3.8, 4) is 0 Å². The van der Waals surface area contributed by atoms with Crippen LogP contribution in [0.5, 0.6) is 0 Å². The second-order valence-electron chi connectivity index (χ2n) is 3.11. The standard InChI is InChI=1S/C10H14F2O4/c1-4-10(11,12)9(14)16-6-5-15-8(13)7(2)3/h2,4-6H2,1,3H3. The third-order valence-corrected chi connectivity index (χ3v) is 1.64. The maximum Gasteiger partial charge on any atom is 0.377 e. The highest BCUT2D eigenvalue weighted by Crippen LogP contribution is 2.19. The summed E-state index contributed by atoms with van der Waals surface area (Å²) in [6.45, 7) is 5.27. The zero-order chi connectivity index (χ0) is 12.8. The van der Waals surface area contributed by atoms with Gasteiger partial charge in [0.2, 0.25) is 0 Å². The fourth-order valence-corrected chi connectivity index (χ4v) is 0.642. The predicted molar refractivity (Wildman–Crippen MR) is 52.0 cm³/mol. The van der Waals surface area contributed by atoms with Crippen molar-refractivity contribution in [3.05, 3.63) is 12.2 Å². The highest BCUT2D eigenvalue weighted by Gasteiger charge is 2.38. The van der Waals surface area contributed by atoms with E-state index >= 15 is 0 Å². The van der Waals surface area contributed by atoms with Gasteiger partial charge in [-0.15, -0.1) is 0 Å². The second kappa shape index (κ2) is 6.19. The number of hydrogen-bond acceptors (Lipinski definition) is 4. The molecule has 0 atom stereocenters. The lowest BCUT2D eigenvalue weighted by Gasteiger charge is -2.12. The van der Waals surface area contributed by atoms with Crippen molar-refractivity contribution >= 4 is 11.9 Å². The first-order valence-electron chi connectivity index (χ1n) is 4.69. The topological polar surface area (TPSA) is 52.6 Å². The quantitative estimate of drug-likeness (QED) is 0.400. The highest BCUT2D eigenvalue weighted by molar-refractivity contribution is 5.86. The molecule has 0 bridgehead atoms. The maximum absolute atomic E-state index is 12.7. The summed E-state index contributed by atoms with van der Waals surface area (Å²) in [6, 6.07) is 0. The van der Waals surface area contributed by atoms with Gasteiger partial charge in [0.05, 0.1) is 0 Å². The molecule has 0 saturated heterocycles. The molecule has 0 amide bonds. The number of halogens is 2. The van der Waals surface area contributed by atoms with Crippen LogP contribution < -0.4 is 0 Å². The Morgan fingerprint density at radius 2 is 1.75 bits per heavy atom. The summed E-state index contributed by atoms with van der Waals surface area (Å²) < 4.78 is 34.1. The van der Waals surface area contributed by atoms with Crippen molar-refractivity contribution in [2.45, 2.75) is 26.2 Å². The van der Waals surface area contributed by atoms with Crippen molar-refractivity contribution in [2.24, 2.45) is 0 Å². The van der Waals surface area contributed by atoms with Crippen LogP contribution in [-0.4, -0.2) is 31.1 Å². The summed E-state index contributed by atoms with van der Waals surface area (Å²) in [6.07, 6.45) is -0.628. The summed E-state index contributed by atoms with van der Waals surface area (Å²) in [5.74, 6) is -5.75. The molecule has 0 aromatic heterocycles. The fourth-order valence-electron chi connectivity index (χ4n) is 0.642. The Bertz CT molecular complexity index is 287. The first-order chi connectivity index (χ1) is 7.31. The van der Waals surface area contributed by atoms with Gasteiger partial charge in [0, 0.05) is 12.0 Å². The van der Waals surface area contributed by atoms with E-state index in [1.807, 2.05) is 0 Å². The minimum Gasteiger partial charge on any atom is -0.459 e. The van der Waals surface area contributed by atoms with Crippen LogP contribution >= 0.6 is 0 Å². The van der Waals surface area contributed by atoms with Gasteiger partial charge in [-0.1, -0.05) is 13.5 Å². The molecule has 16 heavy (non-hydrogen) atoms. The van der Waals surface area contributed by atoms with E-state index in [0.29, 0.717) is 0 Å². The van der Waals surface area contributed by atoms with Gasteiger partial charge >= 0.3 is 17.9 Å². The highest BCUT2D eigenvalue weighted by atomic mass is 19.3. The van der Waals surface area contributed by atoms with Crippen LogP contribution in [-0.2, 0) is 19.1 Å². The normalized spacial score (nSPS) is 10.8. The molecule has 6 heteroatoms. The zero-order valence-electron chi connectivity index (χ0n) is 9.22. The Morgan fingerprint density at radius 3 is 2.19 bits per heavy atom. The third-order valence-electron chi connectivity index (χ3n) is 1.64. The van der Waals surface area contributed by atoms with Crippen molar-refractivity contribution in [2.75, 3.05) is 13.2 Å². The van der Waals surface area contributed by atoms with Crippen LogP contribution in [0.3, 0.4) is 0 Å². The minimum absolute atomic E-state index is 0.185. The molecule has 0 fully saturated rings. The molecule has 92 valence electrons. The number of esters is 2. The van der Waals surface area contributed by atoms with E-state index in [1.165, 1.54) is 13.8 Å². The van der Waals surface area contributed by atoms with Gasteiger partial charge in [-0.2, -0.15) is 8.78 Å². The largest absolute Gasteiger partial charge is 0.459 e. The van der Waals surface area contributed by atoms with Crippen LogP contribution in [0.4, 0.5) is 8.78 Å². The molecule has 0 aliphatic heterocycles. The molecule has 0 aromatic rings. The van der Waals surface area contributed by atoms with E-state index in [-0.39, 0.29) is 12.2 Å². The van der Waals surface area contributed by atoms with Gasteiger partial charge in [-0.25, -0.2) is 9.59 Å². The molecule has 0 radical (unpaired) electrons. The van der Waals surface area contributed by atoms with E-state index in [0.717, 1.165) is 0 Å². The van der Waals surface area contributed by atoms with E-state index in [1.54, 1.807) is 0 Å². The molecule has 0 N–H and O–H groups in total. The monoisotopic (exact) mass is 236 g/mol. The number of rotatable bonds is 6. The molecule has 0 rings (SSSR count). The van der Waals surface area contributed by atoms with Crippen LogP contribution in [0.1, 0.15) is 20.3 Å². The average molecular weight is 236 g/mol. The Morgan fingerprint density at radius 1 is 1.25 bits per heavy atom. The SMILES string of the molecule is C=C(C)C(=O)OCCOC(=O)C(F)(F)CC. The van der Waals surface area contributed by atoms with E-state index < -0.39 is 30.9 Å². The Kier molecular flexibility index (Phi) is 5.63. The molecule has 0 aromatic carbocycles. The van der Waals surface area contributed by atoms with Crippen LogP contribution in [0.15, 0.2) is 12.2 Å². The molecule has 0 aliphatic rings. The molecular formula is C10H14F2O4. The van der Waals surface area contributed by atoms with Crippen LogP contribution in [0, 0.1) is 0 Å². The zero-order valence-corrected chi connectivity index (χ0v) is 9.22. The van der Waals surface area contributed by atoms with Gasteiger partial charge in [-0.3, -0.25) is 0 Å². The van der Waals surface area contributed by atoms with Gasteiger partial charge in [0.15, 0.2) is 0 Å². The minimum atomic E-state index is -3.49. The number of carbonyl (C=O) groups excluding carboxylic acids is 2. The Hall–Kier alpha value is -1.46. The third kappa shape index (κ3) is 4.86. The summed E-state index contributed by atoms with van der Waals surface area (Å²) in [7, 11) is 0. The second-order valence-corrected chi connectivity index (χ2v) is 3.11. The van der Waals surface area contributed by atoms with Gasteiger partial charge in [0.25, 0.3) is 0 Å². The van der Waals surface area contributed by atoms with Crippen molar-refractivity contribution < 1.29 is 27.8 Å². The summed E-state index contributed by atoms with van der Waals surface area (Å²) in [5, 5.41) is 0. The molecule has 0 spiro atoms. The van der Waals surface area contributed by atoms with Gasteiger partial charge in [0.1, 0.15) is 13.2 Å². The van der Waals surface area contributed by atoms with Crippen molar-refractivity contribution in [1.29, 1.82) is 0 Å². The first kappa shape index (κ1) is 14.5. The predicted octanol–water partition coefficient (Wildman–Crippen LogP) is 1.69. The first-order valence-corrected chi connectivity index (χ1v) is 4.69. The summed E-state index contributed by atoms with van der Waals surface area (Å²) >= 11 is 0. The molecular weight excluding hydrogens is 222 g/mol. The number of carbonyl (C=O) groups is 2. The smallest absolute Gasteiger partial charge is 0.377 e. The number of alkyl halides is 2. The molecule has 0 heterocycles. The van der Waals surface area contributed by atoms with E-state index in [2.05, 4.69) is 16.1 Å². The van der Waals surface area contributed by atoms with Crippen LogP contribution in [0.25, 0.3) is 0 Å². The number of hydrogen-bond donors (Lipinski definition) is 0. The summed E-state index contributed by atoms with van der Waals surface area (Å²) in [4.78, 5) is 21.6. The maximum atomic E-state index is 12.7. The molecule has 4 nitrogen and oxygen atoms in total. The average Bonchev–Trinajstić information content (AvgIpc) is 2.23. The van der Waals surface area contributed by atoms with Crippen molar-refractivity contribution in [1.82, 2.24) is 0 Å². The van der Waals surface area contributed by atoms with Crippen LogP contribution in [0.2, 0.25) is 0 Å². The Labute approximate surface area is 92.2 Å². The van der Waals surface area contributed by atoms with Gasteiger partial charge in [-0.05, 0) is 6.92 Å². The fraction of sp³-hybridized carbons (Fsp3) is 0.600. The molecule has 0 aliphatic carbocycles. The van der Waals surface area contributed by atoms with E-state index in [4.69, 9.17) is 0 Å². The Balaban J connectivity index is 3.80. The lowest BCUT2D eigenvalue weighted by molar-refractivity contribution is -0.174. The number of ether oxygens (including phenoxy) is 2. The van der Waals surface area contributed by atoms with Crippen molar-refractivity contribution in [3.63, 3.8) is 0 Å². The molecule has 0 unspecified atom stereocenters. The summed E-state index contributed by atoms with van der Waals surface area (Å²) in [5.41, 5.74) is 0.185. The van der Waals surface area contributed by atoms with E-state index in [9.17, 15) is 18.4 Å². The molecule has 0 saturated carbocycles. The van der Waals surface area contributed by atoms with Gasteiger partial charge < -0.3 is 9.47 Å².